The lowest BCUT2D eigenvalue weighted by Gasteiger charge is -2.34. The van der Waals surface area contributed by atoms with E-state index in [1.165, 1.54) is 6.42 Å². The maximum atomic E-state index is 13.9. The van der Waals surface area contributed by atoms with Gasteiger partial charge >= 0.3 is 0 Å². The van der Waals surface area contributed by atoms with Crippen molar-refractivity contribution >= 4 is 23.4 Å². The molecule has 3 amide bonds. The van der Waals surface area contributed by atoms with Crippen LogP contribution in [-0.2, 0) is 23.9 Å². The number of fused-ring (bicyclic) bond motifs is 1. The Hall–Kier alpha value is -2.91. The first-order valence-corrected chi connectivity index (χ1v) is 13.5. The molecule has 1 spiro atoms. The SMILES string of the molecule is CCOCCCN1C(=O)[C@H]2[C@H](C(=O)Nc3ccc(OC)cc3)[C@H]3C=C[C@@]2(O3)[C@H]1C(=O)NC1CCCCC1. The number of likely N-dealkylation sites (tertiary alicyclic amines) is 1. The Morgan fingerprint density at radius 2 is 1.89 bits per heavy atom. The van der Waals surface area contributed by atoms with Crippen LogP contribution in [0.1, 0.15) is 45.4 Å². The van der Waals surface area contributed by atoms with Gasteiger partial charge in [0.05, 0.1) is 25.0 Å². The van der Waals surface area contributed by atoms with Crippen LogP contribution in [-0.4, -0.2) is 73.3 Å². The van der Waals surface area contributed by atoms with Gasteiger partial charge in [0.25, 0.3) is 0 Å². The van der Waals surface area contributed by atoms with E-state index >= 15 is 0 Å². The molecule has 9 heteroatoms. The molecule has 0 unspecified atom stereocenters. The van der Waals surface area contributed by atoms with E-state index in [4.69, 9.17) is 14.2 Å². The molecule has 200 valence electrons. The van der Waals surface area contributed by atoms with Crippen LogP contribution in [0.3, 0.4) is 0 Å². The fourth-order valence-electron chi connectivity index (χ4n) is 6.42. The molecule has 2 bridgehead atoms. The van der Waals surface area contributed by atoms with E-state index < -0.39 is 29.6 Å². The predicted molar refractivity (Wildman–Crippen MR) is 137 cm³/mol. The molecule has 2 saturated heterocycles. The number of carbonyl (C=O) groups excluding carboxylic acids is 3. The molecule has 1 aliphatic carbocycles. The molecule has 2 N–H and O–H groups in total. The Kier molecular flexibility index (Phi) is 7.53. The number of hydrogen-bond acceptors (Lipinski definition) is 6. The topological polar surface area (TPSA) is 106 Å². The van der Waals surface area contributed by atoms with Crippen LogP contribution in [0.15, 0.2) is 36.4 Å². The van der Waals surface area contributed by atoms with Crippen LogP contribution >= 0.6 is 0 Å². The average molecular weight is 512 g/mol. The van der Waals surface area contributed by atoms with Gasteiger partial charge in [-0.25, -0.2) is 0 Å². The third kappa shape index (κ3) is 4.75. The highest BCUT2D eigenvalue weighted by atomic mass is 16.5. The summed E-state index contributed by atoms with van der Waals surface area (Å²) in [4.78, 5) is 42.8. The maximum absolute atomic E-state index is 13.9. The van der Waals surface area contributed by atoms with Gasteiger partial charge in [-0.15, -0.1) is 0 Å². The monoisotopic (exact) mass is 511 g/mol. The van der Waals surface area contributed by atoms with Gasteiger partial charge in [-0.3, -0.25) is 14.4 Å². The van der Waals surface area contributed by atoms with Gasteiger partial charge < -0.3 is 29.7 Å². The van der Waals surface area contributed by atoms with Crippen LogP contribution in [0.25, 0.3) is 0 Å². The summed E-state index contributed by atoms with van der Waals surface area (Å²) in [6.07, 6.45) is 8.99. The zero-order valence-corrected chi connectivity index (χ0v) is 21.6. The van der Waals surface area contributed by atoms with Crippen LogP contribution < -0.4 is 15.4 Å². The second kappa shape index (κ2) is 10.8. The summed E-state index contributed by atoms with van der Waals surface area (Å²) < 4.78 is 17.1. The molecular weight excluding hydrogens is 474 g/mol. The van der Waals surface area contributed by atoms with Gasteiger partial charge in [-0.05, 0) is 50.5 Å². The normalized spacial score (nSPS) is 30.4. The number of nitrogens with zero attached hydrogens (tertiary/aromatic N) is 1. The highest BCUT2D eigenvalue weighted by Gasteiger charge is 2.72. The molecule has 9 nitrogen and oxygen atoms in total. The van der Waals surface area contributed by atoms with Crippen LogP contribution in [0, 0.1) is 11.8 Å². The molecule has 3 aliphatic heterocycles. The van der Waals surface area contributed by atoms with E-state index in [-0.39, 0.29) is 23.8 Å². The zero-order valence-electron chi connectivity index (χ0n) is 21.6. The molecule has 5 atom stereocenters. The number of ether oxygens (including phenoxy) is 3. The number of carbonyl (C=O) groups is 3. The molecule has 3 heterocycles. The first-order valence-electron chi connectivity index (χ1n) is 13.5. The van der Waals surface area contributed by atoms with Crippen molar-refractivity contribution < 1.29 is 28.6 Å². The molecule has 1 saturated carbocycles. The summed E-state index contributed by atoms with van der Waals surface area (Å²) in [5.41, 5.74) is -0.536. The van der Waals surface area contributed by atoms with Crippen LogP contribution in [0.4, 0.5) is 5.69 Å². The fourth-order valence-corrected chi connectivity index (χ4v) is 6.42. The average Bonchev–Trinajstić information content (AvgIpc) is 3.55. The summed E-state index contributed by atoms with van der Waals surface area (Å²) in [6, 6.07) is 6.34. The maximum Gasteiger partial charge on any atom is 0.246 e. The third-order valence-electron chi connectivity index (χ3n) is 8.13. The van der Waals surface area contributed by atoms with Gasteiger partial charge in [-0.1, -0.05) is 31.4 Å². The smallest absolute Gasteiger partial charge is 0.246 e. The number of methoxy groups -OCH3 is 1. The largest absolute Gasteiger partial charge is 0.497 e. The molecule has 37 heavy (non-hydrogen) atoms. The summed E-state index contributed by atoms with van der Waals surface area (Å²) in [5.74, 6) is -1.48. The minimum Gasteiger partial charge on any atom is -0.497 e. The number of rotatable bonds is 10. The lowest BCUT2D eigenvalue weighted by Crippen LogP contribution is -2.56. The van der Waals surface area contributed by atoms with Gasteiger partial charge in [-0.2, -0.15) is 0 Å². The first kappa shape index (κ1) is 25.7. The lowest BCUT2D eigenvalue weighted by atomic mass is 9.74. The van der Waals surface area contributed by atoms with E-state index in [0.29, 0.717) is 37.6 Å². The van der Waals surface area contributed by atoms with Crippen molar-refractivity contribution in [1.82, 2.24) is 10.2 Å². The van der Waals surface area contributed by atoms with Gasteiger partial charge in [0.2, 0.25) is 17.7 Å². The summed E-state index contributed by atoms with van der Waals surface area (Å²) >= 11 is 0. The highest BCUT2D eigenvalue weighted by Crippen LogP contribution is 2.55. The fraction of sp³-hybridized carbons (Fsp3) is 0.607. The second-order valence-electron chi connectivity index (χ2n) is 10.3. The Balaban J connectivity index is 1.39. The van der Waals surface area contributed by atoms with Crippen molar-refractivity contribution in [3.63, 3.8) is 0 Å². The minimum absolute atomic E-state index is 0.105. The second-order valence-corrected chi connectivity index (χ2v) is 10.3. The standard InChI is InChI=1S/C28H37N3O6/c1-3-36-17-7-16-31-24(26(33)30-18-8-5-4-6-9-18)28-15-14-21(37-28)22(23(28)27(31)34)25(32)29-19-10-12-20(35-2)13-11-19/h10-15,18,21-24H,3-9,16-17H2,1-2H3,(H,29,32)(H,30,33)/t21-,22-,23-,24-,28+/m1/s1. The van der Waals surface area contributed by atoms with Gasteiger partial charge in [0, 0.05) is 31.5 Å². The van der Waals surface area contributed by atoms with Crippen molar-refractivity contribution in [3.8, 4) is 5.75 Å². The Labute approximate surface area is 217 Å². The van der Waals surface area contributed by atoms with Crippen molar-refractivity contribution in [1.29, 1.82) is 0 Å². The number of amides is 3. The van der Waals surface area contributed by atoms with Crippen LogP contribution in [0.2, 0.25) is 0 Å². The molecular formula is C28H37N3O6. The Morgan fingerprint density at radius 3 is 2.59 bits per heavy atom. The molecule has 0 aromatic heterocycles. The van der Waals surface area contributed by atoms with Crippen molar-refractivity contribution in [2.24, 2.45) is 11.8 Å². The van der Waals surface area contributed by atoms with E-state index in [2.05, 4.69) is 10.6 Å². The zero-order chi connectivity index (χ0) is 26.0. The first-order chi connectivity index (χ1) is 18.0. The quantitative estimate of drug-likeness (QED) is 0.370. The van der Waals surface area contributed by atoms with Crippen molar-refractivity contribution in [2.45, 2.75) is 69.2 Å². The Bertz CT molecular complexity index is 1040. The number of nitrogens with one attached hydrogen (secondary N) is 2. The summed E-state index contributed by atoms with van der Waals surface area (Å²) in [6.45, 7) is 3.38. The Morgan fingerprint density at radius 1 is 1.14 bits per heavy atom. The molecule has 4 aliphatic rings. The molecule has 1 aromatic rings. The van der Waals surface area contributed by atoms with Crippen molar-refractivity contribution in [2.75, 3.05) is 32.2 Å². The summed E-state index contributed by atoms with van der Waals surface area (Å²) in [5, 5.41) is 6.14. The molecule has 3 fully saturated rings. The highest BCUT2D eigenvalue weighted by molar-refractivity contribution is 6.02. The number of anilines is 1. The molecule has 5 rings (SSSR count). The van der Waals surface area contributed by atoms with Crippen LogP contribution in [0.5, 0.6) is 5.75 Å². The van der Waals surface area contributed by atoms with Gasteiger partial charge in [0.1, 0.15) is 17.4 Å². The third-order valence-corrected chi connectivity index (χ3v) is 8.13. The summed E-state index contributed by atoms with van der Waals surface area (Å²) in [7, 11) is 1.58. The number of benzene rings is 1. The van der Waals surface area contributed by atoms with Crippen molar-refractivity contribution in [3.05, 3.63) is 36.4 Å². The minimum atomic E-state index is -1.14. The van der Waals surface area contributed by atoms with E-state index in [1.54, 1.807) is 36.3 Å². The van der Waals surface area contributed by atoms with E-state index in [1.807, 2.05) is 19.1 Å². The number of hydrogen-bond donors (Lipinski definition) is 2. The molecule has 1 aromatic carbocycles. The van der Waals surface area contributed by atoms with E-state index in [9.17, 15) is 14.4 Å². The predicted octanol–water partition coefficient (Wildman–Crippen LogP) is 2.66. The molecule has 0 radical (unpaired) electrons. The van der Waals surface area contributed by atoms with E-state index in [0.717, 1.165) is 25.7 Å². The van der Waals surface area contributed by atoms with Gasteiger partial charge in [0.15, 0.2) is 0 Å². The lowest BCUT2D eigenvalue weighted by molar-refractivity contribution is -0.141.